The van der Waals surface area contributed by atoms with Crippen LogP contribution in [-0.2, 0) is 19.1 Å². The van der Waals surface area contributed by atoms with Gasteiger partial charge in [0, 0.05) is 32.9 Å². The van der Waals surface area contributed by atoms with Crippen LogP contribution in [0.3, 0.4) is 0 Å². The van der Waals surface area contributed by atoms with Crippen molar-refractivity contribution in [3.8, 4) is 0 Å². The molecular weight excluding hydrogens is 390 g/mol. The molecule has 0 saturated carbocycles. The number of carbonyl (C=O) groups is 2. The van der Waals surface area contributed by atoms with E-state index in [0.717, 1.165) is 32.1 Å². The van der Waals surface area contributed by atoms with Gasteiger partial charge in [0.2, 0.25) is 5.91 Å². The van der Waals surface area contributed by atoms with Crippen molar-refractivity contribution in [2.24, 2.45) is 0 Å². The zero-order valence-electron chi connectivity index (χ0n) is 19.0. The van der Waals surface area contributed by atoms with Crippen molar-refractivity contribution in [1.29, 1.82) is 0 Å². The summed E-state index contributed by atoms with van der Waals surface area (Å²) in [6.45, 7) is 4.08. The van der Waals surface area contributed by atoms with E-state index in [2.05, 4.69) is 19.1 Å². The Morgan fingerprint density at radius 2 is 1.66 bits per heavy atom. The number of hydrogen-bond donors (Lipinski definition) is 0. The maximum absolute atomic E-state index is 12.3. The van der Waals surface area contributed by atoms with E-state index in [-0.39, 0.29) is 24.5 Å². The van der Waals surface area contributed by atoms with E-state index in [1.165, 1.54) is 32.6 Å². The van der Waals surface area contributed by atoms with Crippen LogP contribution in [0.5, 0.6) is 0 Å². The zero-order chi connectivity index (χ0) is 21.9. The second-order valence-corrected chi connectivity index (χ2v) is 8.27. The van der Waals surface area contributed by atoms with Gasteiger partial charge in [-0.1, -0.05) is 51.2 Å². The lowest BCUT2D eigenvalue weighted by Gasteiger charge is -2.27. The van der Waals surface area contributed by atoms with Crippen LogP contribution in [-0.4, -0.2) is 55.6 Å². The highest BCUT2D eigenvalue weighted by Crippen LogP contribution is 2.16. The van der Waals surface area contributed by atoms with Crippen LogP contribution in [0.15, 0.2) is 12.2 Å². The fourth-order valence-electron chi connectivity index (χ4n) is 3.07. The van der Waals surface area contributed by atoms with E-state index in [1.54, 1.807) is 19.1 Å². The lowest BCUT2D eigenvalue weighted by Crippen LogP contribution is -2.43. The topological polar surface area (TPSA) is 55.8 Å². The molecule has 0 radical (unpaired) electrons. The van der Waals surface area contributed by atoms with Gasteiger partial charge in [0.25, 0.3) is 0 Å². The van der Waals surface area contributed by atoms with Crippen molar-refractivity contribution in [3.63, 3.8) is 0 Å². The molecule has 0 bridgehead atoms. The third-order valence-corrected chi connectivity index (χ3v) is 5.42. The molecule has 0 rings (SSSR count). The van der Waals surface area contributed by atoms with E-state index in [9.17, 15) is 9.59 Å². The third kappa shape index (κ3) is 16.4. The smallest absolute Gasteiger partial charge is 0.302 e. The van der Waals surface area contributed by atoms with Crippen molar-refractivity contribution < 1.29 is 19.1 Å². The number of allylic oxidation sites excluding steroid dienone is 2. The highest BCUT2D eigenvalue weighted by atomic mass is 35.5. The first kappa shape index (κ1) is 27.9. The van der Waals surface area contributed by atoms with Crippen LogP contribution in [0.25, 0.3) is 0 Å². The summed E-state index contributed by atoms with van der Waals surface area (Å²) in [6, 6.07) is -0.258. The Kier molecular flexibility index (Phi) is 18.2. The molecular formula is C23H42ClNO4. The molecule has 0 aromatic rings. The molecule has 0 aromatic heterocycles. The number of unbranched alkanes of at least 4 members (excludes halogenated alkanes) is 5. The van der Waals surface area contributed by atoms with Gasteiger partial charge in [-0.05, 0) is 32.1 Å². The number of alkyl halides is 1. The van der Waals surface area contributed by atoms with Crippen LogP contribution in [0.1, 0.15) is 84.5 Å². The lowest BCUT2D eigenvalue weighted by molar-refractivity contribution is -0.146. The monoisotopic (exact) mass is 431 g/mol. The van der Waals surface area contributed by atoms with Crippen molar-refractivity contribution in [3.05, 3.63) is 12.2 Å². The normalized spacial score (nSPS) is 13.4. The predicted octanol–water partition coefficient (Wildman–Crippen LogP) is 5.50. The Morgan fingerprint density at radius 3 is 2.28 bits per heavy atom. The van der Waals surface area contributed by atoms with Gasteiger partial charge in [0.1, 0.15) is 6.61 Å². The van der Waals surface area contributed by atoms with Crippen molar-refractivity contribution in [1.82, 2.24) is 4.90 Å². The summed E-state index contributed by atoms with van der Waals surface area (Å²) in [4.78, 5) is 24.9. The van der Waals surface area contributed by atoms with Crippen molar-refractivity contribution in [2.75, 3.05) is 27.4 Å². The Balaban J connectivity index is 3.88. The number of amides is 1. The molecule has 5 nitrogen and oxygen atoms in total. The van der Waals surface area contributed by atoms with Crippen LogP contribution in [0.2, 0.25) is 0 Å². The van der Waals surface area contributed by atoms with Crippen LogP contribution < -0.4 is 0 Å². The molecule has 0 aliphatic carbocycles. The Hall–Kier alpha value is -1.07. The average Bonchev–Trinajstić information content (AvgIpc) is 2.69. The number of rotatable bonds is 18. The minimum Gasteiger partial charge on any atom is -0.464 e. The highest BCUT2D eigenvalue weighted by molar-refractivity contribution is 6.20. The van der Waals surface area contributed by atoms with Gasteiger partial charge in [0.05, 0.1) is 12.6 Å². The molecule has 0 saturated heterocycles. The van der Waals surface area contributed by atoms with Crippen molar-refractivity contribution >= 4 is 23.5 Å². The van der Waals surface area contributed by atoms with Gasteiger partial charge in [-0.3, -0.25) is 9.59 Å². The predicted molar refractivity (Wildman–Crippen MR) is 120 cm³/mol. The molecule has 0 spiro atoms. The summed E-state index contributed by atoms with van der Waals surface area (Å²) in [5.74, 6) is -0.330. The number of methoxy groups -OCH3 is 1. The second-order valence-electron chi connectivity index (χ2n) is 7.66. The van der Waals surface area contributed by atoms with Crippen LogP contribution >= 0.6 is 11.6 Å². The largest absolute Gasteiger partial charge is 0.464 e. The molecule has 29 heavy (non-hydrogen) atoms. The van der Waals surface area contributed by atoms with Gasteiger partial charge >= 0.3 is 5.97 Å². The Labute approximate surface area is 183 Å². The van der Waals surface area contributed by atoms with Gasteiger partial charge in [-0.25, -0.2) is 0 Å². The molecule has 0 aliphatic rings. The summed E-state index contributed by atoms with van der Waals surface area (Å²) in [6.07, 6.45) is 16.1. The first-order valence-corrected chi connectivity index (χ1v) is 11.5. The molecule has 1 unspecified atom stereocenters. The fourth-order valence-corrected chi connectivity index (χ4v) is 3.37. The molecule has 1 amide bonds. The summed E-state index contributed by atoms with van der Waals surface area (Å²) >= 11 is 6.38. The molecule has 0 heterocycles. The van der Waals surface area contributed by atoms with E-state index < -0.39 is 0 Å². The second kappa shape index (κ2) is 18.9. The third-order valence-electron chi connectivity index (χ3n) is 4.98. The number of halogens is 1. The maximum Gasteiger partial charge on any atom is 0.302 e. The molecule has 6 heteroatoms. The number of ether oxygens (including phenoxy) is 2. The Bertz CT molecular complexity index is 456. The summed E-state index contributed by atoms with van der Waals surface area (Å²) < 4.78 is 10.2. The fraction of sp³-hybridized carbons (Fsp3) is 0.826. The first-order valence-electron chi connectivity index (χ1n) is 11.1. The van der Waals surface area contributed by atoms with E-state index in [4.69, 9.17) is 21.1 Å². The molecule has 0 fully saturated rings. The van der Waals surface area contributed by atoms with Gasteiger partial charge in [-0.2, -0.15) is 0 Å². The molecule has 170 valence electrons. The van der Waals surface area contributed by atoms with E-state index in [1.807, 2.05) is 0 Å². The molecule has 0 aliphatic heterocycles. The molecule has 2 atom stereocenters. The van der Waals surface area contributed by atoms with Crippen LogP contribution in [0, 0.1) is 0 Å². The summed E-state index contributed by atoms with van der Waals surface area (Å²) in [5, 5.41) is 0.316. The minimum atomic E-state index is -0.355. The minimum absolute atomic E-state index is 0.0249. The van der Waals surface area contributed by atoms with Gasteiger partial charge < -0.3 is 14.4 Å². The number of carbonyl (C=O) groups excluding carboxylic acids is 2. The van der Waals surface area contributed by atoms with Crippen LogP contribution in [0.4, 0.5) is 0 Å². The summed E-state index contributed by atoms with van der Waals surface area (Å²) in [5.41, 5.74) is 0. The maximum atomic E-state index is 12.3. The standard InChI is InChI=1S/C23H42ClNO4/c1-5-6-7-12-15-21(24)16-13-10-8-9-11-14-17-23(27)25(3)22(18-28-4)19-29-20(2)26/h9,11,21-22H,5-8,10,12-19H2,1-4H3/t21?,22-/m0/s1. The molecule has 0 aromatic carbocycles. The molecule has 0 N–H and O–H groups in total. The number of esters is 1. The first-order chi connectivity index (χ1) is 13.9. The van der Waals surface area contributed by atoms with Gasteiger partial charge in [-0.15, -0.1) is 11.6 Å². The lowest BCUT2D eigenvalue weighted by atomic mass is 10.1. The van der Waals surface area contributed by atoms with Gasteiger partial charge in [0.15, 0.2) is 0 Å². The highest BCUT2D eigenvalue weighted by Gasteiger charge is 2.20. The van der Waals surface area contributed by atoms with E-state index >= 15 is 0 Å². The average molecular weight is 432 g/mol. The van der Waals surface area contributed by atoms with Crippen molar-refractivity contribution in [2.45, 2.75) is 95.9 Å². The summed E-state index contributed by atoms with van der Waals surface area (Å²) in [7, 11) is 3.30. The quantitative estimate of drug-likeness (QED) is 0.124. The number of hydrogen-bond acceptors (Lipinski definition) is 4. The zero-order valence-corrected chi connectivity index (χ0v) is 19.7. The van der Waals surface area contributed by atoms with E-state index in [0.29, 0.717) is 24.8 Å². The SMILES string of the molecule is CCCCCCC(Cl)CCCCC=CCCC(=O)N(C)[C@@H](COC)COC(C)=O. The number of nitrogens with zero attached hydrogens (tertiary/aromatic N) is 1. The number of likely N-dealkylation sites (N-methyl/N-ethyl adjacent to an activating group) is 1. The Morgan fingerprint density at radius 1 is 1.00 bits per heavy atom.